The molecule has 3 rings (SSSR count). The predicted molar refractivity (Wildman–Crippen MR) is 95.8 cm³/mol. The molecule has 0 unspecified atom stereocenters. The van der Waals surface area contributed by atoms with Gasteiger partial charge in [-0.15, -0.1) is 4.40 Å². The summed E-state index contributed by atoms with van der Waals surface area (Å²) >= 11 is 1.22. The van der Waals surface area contributed by atoms with Crippen molar-refractivity contribution < 1.29 is 17.9 Å². The number of ether oxygens (including phenoxy) is 1. The highest BCUT2D eigenvalue weighted by molar-refractivity contribution is 7.90. The number of thiazole rings is 1. The van der Waals surface area contributed by atoms with E-state index in [9.17, 15) is 13.2 Å². The van der Waals surface area contributed by atoms with Gasteiger partial charge in [0.25, 0.3) is 10.0 Å². The van der Waals surface area contributed by atoms with Crippen LogP contribution in [0.25, 0.3) is 10.2 Å². The number of aromatic nitrogens is 1. The predicted octanol–water partition coefficient (Wildman–Crippen LogP) is 2.47. The number of fused-ring (bicyclic) bond motifs is 1. The third-order valence-corrected chi connectivity index (χ3v) is 6.03. The lowest BCUT2D eigenvalue weighted by molar-refractivity contribution is -0.141. The third kappa shape index (κ3) is 3.64. The normalized spacial score (nSPS) is 12.5. The molecule has 0 N–H and O–H groups in total. The molecular weight excluding hydrogens is 360 g/mol. The van der Waals surface area contributed by atoms with E-state index < -0.39 is 16.0 Å². The van der Waals surface area contributed by atoms with Gasteiger partial charge in [0.2, 0.25) is 4.80 Å². The van der Waals surface area contributed by atoms with Gasteiger partial charge in [0.05, 0.1) is 22.2 Å². The molecule has 1 aromatic heterocycles. The molecule has 130 valence electrons. The summed E-state index contributed by atoms with van der Waals surface area (Å²) in [5, 5.41) is 0. The smallest absolute Gasteiger partial charge is 0.325 e. The molecule has 0 aliphatic carbocycles. The van der Waals surface area contributed by atoms with Crippen molar-refractivity contribution in [1.82, 2.24) is 4.57 Å². The number of rotatable bonds is 4. The van der Waals surface area contributed by atoms with Gasteiger partial charge >= 0.3 is 5.97 Å². The van der Waals surface area contributed by atoms with E-state index in [0.29, 0.717) is 0 Å². The summed E-state index contributed by atoms with van der Waals surface area (Å²) in [6, 6.07) is 13.7. The van der Waals surface area contributed by atoms with Crippen LogP contribution >= 0.6 is 11.3 Å². The van der Waals surface area contributed by atoms with Gasteiger partial charge in [-0.05, 0) is 36.8 Å². The molecule has 0 atom stereocenters. The van der Waals surface area contributed by atoms with Crippen molar-refractivity contribution in [3.05, 3.63) is 58.9 Å². The summed E-state index contributed by atoms with van der Waals surface area (Å²) in [4.78, 5) is 12.1. The van der Waals surface area contributed by atoms with Crippen molar-refractivity contribution in [2.24, 2.45) is 4.40 Å². The number of methoxy groups -OCH3 is 1. The molecule has 0 saturated heterocycles. The van der Waals surface area contributed by atoms with Crippen LogP contribution in [0.5, 0.6) is 0 Å². The van der Waals surface area contributed by atoms with Crippen molar-refractivity contribution in [2.45, 2.75) is 18.4 Å². The van der Waals surface area contributed by atoms with Crippen molar-refractivity contribution in [3.8, 4) is 0 Å². The lowest BCUT2D eigenvalue weighted by atomic mass is 10.2. The number of aryl methyl sites for hydroxylation is 1. The van der Waals surface area contributed by atoms with Crippen LogP contribution < -0.4 is 4.80 Å². The van der Waals surface area contributed by atoms with Crippen LogP contribution in [0.15, 0.2) is 57.8 Å². The first-order chi connectivity index (χ1) is 11.9. The molecule has 25 heavy (non-hydrogen) atoms. The van der Waals surface area contributed by atoms with E-state index in [2.05, 4.69) is 4.40 Å². The molecule has 0 spiro atoms. The van der Waals surface area contributed by atoms with Gasteiger partial charge in [-0.2, -0.15) is 8.42 Å². The van der Waals surface area contributed by atoms with Crippen molar-refractivity contribution in [1.29, 1.82) is 0 Å². The molecular formula is C17H16N2O4S2. The first-order valence-electron chi connectivity index (χ1n) is 7.43. The molecule has 0 aliphatic rings. The zero-order valence-corrected chi connectivity index (χ0v) is 15.3. The maximum Gasteiger partial charge on any atom is 0.325 e. The Bertz CT molecular complexity index is 1100. The van der Waals surface area contributed by atoms with Gasteiger partial charge in [0, 0.05) is 0 Å². The van der Waals surface area contributed by atoms with E-state index in [1.807, 2.05) is 25.1 Å². The number of hydrogen-bond acceptors (Lipinski definition) is 5. The Labute approximate surface area is 149 Å². The molecule has 0 radical (unpaired) electrons. The van der Waals surface area contributed by atoms with Crippen LogP contribution in [0.2, 0.25) is 0 Å². The highest BCUT2D eigenvalue weighted by Crippen LogP contribution is 2.20. The van der Waals surface area contributed by atoms with E-state index >= 15 is 0 Å². The summed E-state index contributed by atoms with van der Waals surface area (Å²) in [6.07, 6.45) is 0. The molecule has 0 fully saturated rings. The van der Waals surface area contributed by atoms with Gasteiger partial charge in [0.15, 0.2) is 0 Å². The molecule has 0 bridgehead atoms. The zero-order valence-electron chi connectivity index (χ0n) is 13.7. The largest absolute Gasteiger partial charge is 0.468 e. The second-order valence-corrected chi connectivity index (χ2v) is 8.01. The minimum Gasteiger partial charge on any atom is -0.468 e. The Hall–Kier alpha value is -2.45. The van der Waals surface area contributed by atoms with Crippen LogP contribution in [0.3, 0.4) is 0 Å². The number of hydrogen-bond donors (Lipinski definition) is 0. The molecule has 0 amide bonds. The summed E-state index contributed by atoms with van der Waals surface area (Å²) in [6.45, 7) is 1.84. The molecule has 0 saturated carbocycles. The highest BCUT2D eigenvalue weighted by Gasteiger charge is 2.16. The van der Waals surface area contributed by atoms with E-state index in [4.69, 9.17) is 4.74 Å². The SMILES string of the molecule is COC(=O)Cn1c(=NS(=O)(=O)c2ccccc2)sc2cc(C)ccc21. The van der Waals surface area contributed by atoms with Crippen molar-refractivity contribution >= 4 is 37.5 Å². The van der Waals surface area contributed by atoms with E-state index in [0.717, 1.165) is 15.8 Å². The third-order valence-electron chi connectivity index (χ3n) is 3.59. The Morgan fingerprint density at radius 1 is 1.20 bits per heavy atom. The lowest BCUT2D eigenvalue weighted by Gasteiger charge is -2.04. The Morgan fingerprint density at radius 3 is 2.60 bits per heavy atom. The molecule has 1 heterocycles. The molecule has 8 heteroatoms. The van der Waals surface area contributed by atoms with Gasteiger partial charge < -0.3 is 9.30 Å². The van der Waals surface area contributed by atoms with Crippen LogP contribution in [0.1, 0.15) is 5.56 Å². The molecule has 6 nitrogen and oxygen atoms in total. The summed E-state index contributed by atoms with van der Waals surface area (Å²) in [5.74, 6) is -0.473. The van der Waals surface area contributed by atoms with Crippen molar-refractivity contribution in [2.75, 3.05) is 7.11 Å². The monoisotopic (exact) mass is 376 g/mol. The zero-order chi connectivity index (χ0) is 18.0. The topological polar surface area (TPSA) is 77.7 Å². The fraction of sp³-hybridized carbons (Fsp3) is 0.176. The van der Waals surface area contributed by atoms with Crippen LogP contribution in [0, 0.1) is 6.92 Å². The first-order valence-corrected chi connectivity index (χ1v) is 9.69. The highest BCUT2D eigenvalue weighted by atomic mass is 32.2. The quantitative estimate of drug-likeness (QED) is 0.656. The van der Waals surface area contributed by atoms with E-state index in [-0.39, 0.29) is 16.2 Å². The summed E-state index contributed by atoms with van der Waals surface area (Å²) in [5.41, 5.74) is 1.78. The van der Waals surface area contributed by atoms with Crippen LogP contribution in [-0.2, 0) is 26.1 Å². The molecule has 0 aliphatic heterocycles. The van der Waals surface area contributed by atoms with Gasteiger partial charge in [0.1, 0.15) is 6.54 Å². The van der Waals surface area contributed by atoms with E-state index in [1.165, 1.54) is 30.6 Å². The summed E-state index contributed by atoms with van der Waals surface area (Å²) in [7, 11) is -2.58. The minimum absolute atomic E-state index is 0.105. The fourth-order valence-corrected chi connectivity index (χ4v) is 4.70. The lowest BCUT2D eigenvalue weighted by Crippen LogP contribution is -2.22. The number of carbonyl (C=O) groups excluding carboxylic acids is 1. The maximum absolute atomic E-state index is 12.6. The van der Waals surface area contributed by atoms with Crippen molar-refractivity contribution in [3.63, 3.8) is 0 Å². The van der Waals surface area contributed by atoms with Crippen LogP contribution in [0.4, 0.5) is 0 Å². The Morgan fingerprint density at radius 2 is 1.92 bits per heavy atom. The van der Waals surface area contributed by atoms with E-state index in [1.54, 1.807) is 22.8 Å². The molecule has 3 aromatic rings. The number of esters is 1. The van der Waals surface area contributed by atoms with Gasteiger partial charge in [-0.3, -0.25) is 4.79 Å². The number of benzene rings is 2. The summed E-state index contributed by atoms with van der Waals surface area (Å²) < 4.78 is 36.2. The average Bonchev–Trinajstić information content (AvgIpc) is 2.91. The number of carbonyl (C=O) groups is 1. The molecule has 2 aromatic carbocycles. The minimum atomic E-state index is -3.87. The van der Waals surface area contributed by atoms with Crippen LogP contribution in [-0.4, -0.2) is 26.1 Å². The number of nitrogens with zero attached hydrogens (tertiary/aromatic N) is 2. The maximum atomic E-state index is 12.6. The first kappa shape index (κ1) is 17.4. The Balaban J connectivity index is 2.24. The Kier molecular flexibility index (Phi) is 4.73. The number of sulfonamides is 1. The fourth-order valence-electron chi connectivity index (χ4n) is 2.34. The van der Waals surface area contributed by atoms with Gasteiger partial charge in [-0.1, -0.05) is 35.6 Å². The van der Waals surface area contributed by atoms with Gasteiger partial charge in [-0.25, -0.2) is 0 Å². The second-order valence-electron chi connectivity index (χ2n) is 5.40. The average molecular weight is 376 g/mol. The second kappa shape index (κ2) is 6.81. The standard InChI is InChI=1S/C17H16N2O4S2/c1-12-8-9-14-15(10-12)24-17(19(14)11-16(20)23-2)18-25(21,22)13-6-4-3-5-7-13/h3-10H,11H2,1-2H3.